The molecule has 30 heavy (non-hydrogen) atoms. The summed E-state index contributed by atoms with van der Waals surface area (Å²) in [5.41, 5.74) is 0.678. The predicted molar refractivity (Wildman–Crippen MR) is 114 cm³/mol. The van der Waals surface area contributed by atoms with Crippen LogP contribution in [-0.2, 0) is 11.2 Å². The molecule has 1 fully saturated rings. The van der Waals surface area contributed by atoms with Gasteiger partial charge in [-0.3, -0.25) is 9.69 Å². The molecule has 1 aromatic carbocycles. The highest BCUT2D eigenvalue weighted by molar-refractivity contribution is 6.47. The summed E-state index contributed by atoms with van der Waals surface area (Å²) in [5, 5.41) is 29.0. The summed E-state index contributed by atoms with van der Waals surface area (Å²) in [6.07, 6.45) is 2.43. The Hall–Kier alpha value is -2.14. The molecule has 10 heteroatoms. The van der Waals surface area contributed by atoms with Crippen LogP contribution in [0.3, 0.4) is 0 Å². The molecule has 5 N–H and O–H groups in total. The van der Waals surface area contributed by atoms with Crippen LogP contribution in [0.4, 0.5) is 0 Å². The number of carbonyl (C=O) groups is 2. The highest BCUT2D eigenvalue weighted by atomic mass is 16.5. The first-order valence-electron chi connectivity index (χ1n) is 10.5. The van der Waals surface area contributed by atoms with E-state index in [1.165, 1.54) is 6.07 Å². The summed E-state index contributed by atoms with van der Waals surface area (Å²) in [5.74, 6) is -1.07. The molecule has 2 heterocycles. The highest BCUT2D eigenvalue weighted by Gasteiger charge is 2.38. The fraction of sp³-hybridized carbons (Fsp3) is 0.600. The van der Waals surface area contributed by atoms with E-state index in [1.54, 1.807) is 12.1 Å². The Kier molecular flexibility index (Phi) is 8.09. The third kappa shape index (κ3) is 5.94. The third-order valence-corrected chi connectivity index (χ3v) is 5.76. The average Bonchev–Trinajstić information content (AvgIpc) is 2.72. The van der Waals surface area contributed by atoms with Crippen LogP contribution in [0.2, 0.25) is 0 Å². The fourth-order valence-corrected chi connectivity index (χ4v) is 4.04. The van der Waals surface area contributed by atoms with E-state index in [-0.39, 0.29) is 23.8 Å². The summed E-state index contributed by atoms with van der Waals surface area (Å²) in [6, 6.07) is 4.83. The van der Waals surface area contributed by atoms with E-state index in [0.717, 1.165) is 45.6 Å². The maximum Gasteiger partial charge on any atom is 0.547 e. The van der Waals surface area contributed by atoms with Crippen LogP contribution in [0.15, 0.2) is 18.2 Å². The summed E-state index contributed by atoms with van der Waals surface area (Å²) >= 11 is 0. The van der Waals surface area contributed by atoms with Crippen molar-refractivity contribution in [1.29, 1.82) is 0 Å². The molecule has 0 saturated carbocycles. The number of nitrogens with one attached hydrogen (secondary N) is 3. The minimum atomic E-state index is -1.28. The topological polar surface area (TPSA) is 123 Å². The molecule has 0 bridgehead atoms. The van der Waals surface area contributed by atoms with E-state index >= 15 is 0 Å². The molecule has 164 valence electrons. The fourth-order valence-electron chi connectivity index (χ4n) is 4.04. The molecule has 1 aromatic rings. The molecule has 1 atom stereocenters. The van der Waals surface area contributed by atoms with Gasteiger partial charge in [0.05, 0.1) is 18.0 Å². The number of para-hydroxylation sites is 1. The van der Waals surface area contributed by atoms with Crippen molar-refractivity contribution in [3.05, 3.63) is 29.3 Å². The maximum atomic E-state index is 12.5. The van der Waals surface area contributed by atoms with Crippen molar-refractivity contribution in [1.82, 2.24) is 20.9 Å². The number of aromatic carboxylic acids is 1. The summed E-state index contributed by atoms with van der Waals surface area (Å²) in [7, 11) is 0.659. The first-order valence-corrected chi connectivity index (χ1v) is 10.5. The van der Waals surface area contributed by atoms with E-state index in [1.807, 2.05) is 7.05 Å². The number of likely N-dealkylation sites (N-methyl/N-ethyl adjacent to an activating group) is 1. The number of benzene rings is 1. The second kappa shape index (κ2) is 10.8. The number of carboxylic acids is 1. The summed E-state index contributed by atoms with van der Waals surface area (Å²) in [6.45, 7) is 4.96. The number of likely N-dealkylation sites (tertiary alicyclic amines) is 1. The van der Waals surface area contributed by atoms with E-state index in [2.05, 4.69) is 20.9 Å². The number of fused-ring (bicyclic) bond motifs is 1. The molecule has 0 spiro atoms. The number of hydrogen-bond donors (Lipinski definition) is 5. The monoisotopic (exact) mass is 418 g/mol. The van der Waals surface area contributed by atoms with Gasteiger partial charge in [-0.15, -0.1) is 0 Å². The van der Waals surface area contributed by atoms with Crippen LogP contribution >= 0.6 is 0 Å². The average molecular weight is 418 g/mol. The molecule has 1 unspecified atom stereocenters. The van der Waals surface area contributed by atoms with Crippen molar-refractivity contribution < 1.29 is 24.4 Å². The van der Waals surface area contributed by atoms with E-state index < -0.39 is 19.0 Å². The Morgan fingerprint density at radius 1 is 1.27 bits per heavy atom. The lowest BCUT2D eigenvalue weighted by Crippen LogP contribution is -2.55. The zero-order chi connectivity index (χ0) is 21.5. The van der Waals surface area contributed by atoms with Crippen molar-refractivity contribution in [2.75, 3.05) is 46.3 Å². The molecule has 3 rings (SSSR count). The summed E-state index contributed by atoms with van der Waals surface area (Å²) in [4.78, 5) is 26.0. The predicted octanol–water partition coefficient (Wildman–Crippen LogP) is -0.655. The molecular formula is C20H31BN4O5. The minimum Gasteiger partial charge on any atom is -0.534 e. The second-order valence-electron chi connectivity index (χ2n) is 8.01. The molecule has 9 nitrogen and oxygen atoms in total. The van der Waals surface area contributed by atoms with Crippen molar-refractivity contribution in [2.45, 2.75) is 25.2 Å². The molecule has 2 aliphatic heterocycles. The van der Waals surface area contributed by atoms with Gasteiger partial charge in [0.1, 0.15) is 5.75 Å². The van der Waals surface area contributed by atoms with Gasteiger partial charge in [0.25, 0.3) is 0 Å². The zero-order valence-corrected chi connectivity index (χ0v) is 17.4. The molecule has 0 aliphatic carbocycles. The van der Waals surface area contributed by atoms with E-state index in [9.17, 15) is 19.7 Å². The third-order valence-electron chi connectivity index (χ3n) is 5.76. The molecule has 1 saturated heterocycles. The SMILES string of the molecule is CNCCNCC1CCN(CC(=O)NC2Cc3cccc(C(=O)O)c3OB2O)CC1. The van der Waals surface area contributed by atoms with Crippen molar-refractivity contribution in [2.24, 2.45) is 5.92 Å². The molecule has 0 aromatic heterocycles. The van der Waals surface area contributed by atoms with Gasteiger partial charge in [0.2, 0.25) is 5.91 Å². The van der Waals surface area contributed by atoms with Gasteiger partial charge >= 0.3 is 13.1 Å². The van der Waals surface area contributed by atoms with Gasteiger partial charge in [-0.1, -0.05) is 12.1 Å². The Morgan fingerprint density at radius 2 is 2.03 bits per heavy atom. The number of nitrogens with zero attached hydrogens (tertiary/aromatic N) is 1. The standard InChI is InChI=1S/C20H31BN4O5/c1-22-7-8-23-12-14-5-9-25(10-6-14)13-18(26)24-17-11-15-3-2-4-16(20(27)28)19(15)30-21(17)29/h2-4,14,17,22-23,29H,5-13H2,1H3,(H,24,26)(H,27,28). The first kappa shape index (κ1) is 22.5. The Morgan fingerprint density at radius 3 is 2.73 bits per heavy atom. The Bertz CT molecular complexity index is 742. The minimum absolute atomic E-state index is 0.0136. The Labute approximate surface area is 177 Å². The number of hydrogen-bond acceptors (Lipinski definition) is 7. The van der Waals surface area contributed by atoms with Gasteiger partial charge in [0.15, 0.2) is 0 Å². The van der Waals surface area contributed by atoms with Crippen LogP contribution in [0, 0.1) is 5.92 Å². The van der Waals surface area contributed by atoms with Gasteiger partial charge in [-0.2, -0.15) is 0 Å². The van der Waals surface area contributed by atoms with Gasteiger partial charge < -0.3 is 30.7 Å². The number of carbonyl (C=O) groups excluding carboxylic acids is 1. The van der Waals surface area contributed by atoms with E-state index in [4.69, 9.17) is 4.65 Å². The summed E-state index contributed by atoms with van der Waals surface area (Å²) < 4.78 is 5.43. The first-order chi connectivity index (χ1) is 14.5. The molecule has 2 aliphatic rings. The lowest BCUT2D eigenvalue weighted by Gasteiger charge is -2.33. The molecule has 1 amide bonds. The van der Waals surface area contributed by atoms with Crippen molar-refractivity contribution in [3.8, 4) is 5.75 Å². The number of carboxylic acid groups (broad SMARTS) is 1. The lowest BCUT2D eigenvalue weighted by molar-refractivity contribution is -0.123. The van der Waals surface area contributed by atoms with Crippen molar-refractivity contribution in [3.63, 3.8) is 0 Å². The maximum absolute atomic E-state index is 12.5. The van der Waals surface area contributed by atoms with Crippen LogP contribution in [0.25, 0.3) is 0 Å². The van der Waals surface area contributed by atoms with Crippen LogP contribution < -0.4 is 20.6 Å². The quantitative estimate of drug-likeness (QED) is 0.265. The number of amides is 1. The number of piperidine rings is 1. The van der Waals surface area contributed by atoms with Gasteiger partial charge in [0, 0.05) is 13.1 Å². The zero-order valence-electron chi connectivity index (χ0n) is 17.4. The van der Waals surface area contributed by atoms with Crippen molar-refractivity contribution >= 4 is 19.0 Å². The Balaban J connectivity index is 1.45. The van der Waals surface area contributed by atoms with Gasteiger partial charge in [-0.25, -0.2) is 4.79 Å². The molecular weight excluding hydrogens is 387 g/mol. The smallest absolute Gasteiger partial charge is 0.534 e. The van der Waals surface area contributed by atoms with Crippen LogP contribution in [0.5, 0.6) is 5.75 Å². The number of rotatable bonds is 9. The van der Waals surface area contributed by atoms with Gasteiger partial charge in [-0.05, 0) is 63.5 Å². The second-order valence-corrected chi connectivity index (χ2v) is 8.01. The lowest BCUT2D eigenvalue weighted by atomic mass is 9.72. The highest BCUT2D eigenvalue weighted by Crippen LogP contribution is 2.30. The van der Waals surface area contributed by atoms with Crippen LogP contribution in [-0.4, -0.2) is 86.3 Å². The normalized spacial score (nSPS) is 19.8. The largest absolute Gasteiger partial charge is 0.547 e. The van der Waals surface area contributed by atoms with Crippen LogP contribution in [0.1, 0.15) is 28.8 Å². The molecule has 0 radical (unpaired) electrons. The van der Waals surface area contributed by atoms with E-state index in [0.29, 0.717) is 17.9 Å².